The summed E-state index contributed by atoms with van der Waals surface area (Å²) in [4.78, 5) is 61.2. The van der Waals surface area contributed by atoms with Crippen molar-refractivity contribution in [2.24, 2.45) is 0 Å². The first-order valence-corrected chi connectivity index (χ1v) is 13.3. The number of hydrogen-bond acceptors (Lipinski definition) is 9. The van der Waals surface area contributed by atoms with Crippen molar-refractivity contribution in [3.8, 4) is 0 Å². The minimum atomic E-state index is -2.37. The molecule has 2 heterocycles. The lowest BCUT2D eigenvalue weighted by Crippen LogP contribution is -2.65. The normalized spacial score (nSPS) is 14.9. The van der Waals surface area contributed by atoms with Gasteiger partial charge in [-0.25, -0.2) is 15.1 Å². The van der Waals surface area contributed by atoms with Crippen LogP contribution < -0.4 is 0 Å². The number of amides is 4. The third-order valence-electron chi connectivity index (χ3n) is 7.12. The zero-order valence-corrected chi connectivity index (χ0v) is 21.8. The van der Waals surface area contributed by atoms with E-state index >= 15 is 0 Å². The van der Waals surface area contributed by atoms with Crippen molar-refractivity contribution in [2.75, 3.05) is 0 Å². The number of imide groups is 2. The average molecular weight is 541 g/mol. The van der Waals surface area contributed by atoms with Crippen LogP contribution >= 0.6 is 0 Å². The lowest BCUT2D eigenvalue weighted by atomic mass is 10.0. The van der Waals surface area contributed by atoms with Crippen LogP contribution in [0.25, 0.3) is 0 Å². The second-order valence-corrected chi connectivity index (χ2v) is 9.60. The molecule has 0 radical (unpaired) electrons. The standard InChI is InChI=1S/C28H32N2O9/c1-2-3-4-5-6-7-8-9-14-19-28(36-38-39-37-35,29-24(31)20-15-10-11-16-21(20)25(29)32)30-26(33)22-17-12-13-18-23(22)27(30)34/h10-13,15-18,35H,2-9,14,19H2,1H3. The predicted octanol–water partition coefficient (Wildman–Crippen LogP) is 5.44. The Morgan fingerprint density at radius 3 is 1.38 bits per heavy atom. The van der Waals surface area contributed by atoms with Gasteiger partial charge in [0, 0.05) is 6.42 Å². The van der Waals surface area contributed by atoms with Gasteiger partial charge in [-0.15, -0.1) is 0 Å². The highest BCUT2D eigenvalue weighted by atomic mass is 17.8. The molecule has 0 unspecified atom stereocenters. The second-order valence-electron chi connectivity index (χ2n) is 9.60. The molecule has 0 aliphatic carbocycles. The largest absolute Gasteiger partial charge is 0.273 e. The third-order valence-corrected chi connectivity index (χ3v) is 7.12. The van der Waals surface area contributed by atoms with Gasteiger partial charge in [0.1, 0.15) is 0 Å². The first-order chi connectivity index (χ1) is 19.0. The van der Waals surface area contributed by atoms with Crippen molar-refractivity contribution >= 4 is 23.6 Å². The summed E-state index contributed by atoms with van der Waals surface area (Å²) >= 11 is 0. The fraction of sp³-hybridized carbons (Fsp3) is 0.429. The molecule has 2 aromatic carbocycles. The summed E-state index contributed by atoms with van der Waals surface area (Å²) < 4.78 is 0. The van der Waals surface area contributed by atoms with Crippen LogP contribution in [0.5, 0.6) is 0 Å². The molecule has 1 N–H and O–H groups in total. The molecular formula is C28H32N2O9. The lowest BCUT2D eigenvalue weighted by molar-refractivity contribution is -0.719. The van der Waals surface area contributed by atoms with E-state index in [0.717, 1.165) is 25.7 Å². The zero-order valence-electron chi connectivity index (χ0n) is 21.8. The van der Waals surface area contributed by atoms with Crippen LogP contribution in [0, 0.1) is 0 Å². The van der Waals surface area contributed by atoms with Crippen LogP contribution in [-0.4, -0.2) is 44.5 Å². The van der Waals surface area contributed by atoms with Crippen molar-refractivity contribution in [3.05, 3.63) is 70.8 Å². The molecule has 39 heavy (non-hydrogen) atoms. The summed E-state index contributed by atoms with van der Waals surface area (Å²) in [6.07, 6.45) is 8.53. The monoisotopic (exact) mass is 540 g/mol. The van der Waals surface area contributed by atoms with E-state index in [2.05, 4.69) is 22.0 Å². The quantitative estimate of drug-likeness (QED) is 0.128. The summed E-state index contributed by atoms with van der Waals surface area (Å²) in [6, 6.07) is 12.3. The maximum absolute atomic E-state index is 13.6. The molecule has 0 aromatic heterocycles. The van der Waals surface area contributed by atoms with Crippen molar-refractivity contribution in [1.29, 1.82) is 0 Å². The molecular weight excluding hydrogens is 508 g/mol. The maximum Gasteiger partial charge on any atom is 0.273 e. The minimum absolute atomic E-state index is 0.0819. The SMILES string of the molecule is CCCCCCCCCCCC(OOOOO)(N1C(=O)c2ccccc2C1=O)N1C(=O)c2ccccc2C1=O. The van der Waals surface area contributed by atoms with E-state index in [1.807, 2.05) is 0 Å². The molecule has 0 saturated carbocycles. The van der Waals surface area contributed by atoms with Gasteiger partial charge in [-0.2, -0.15) is 4.89 Å². The summed E-state index contributed by atoms with van der Waals surface area (Å²) in [5, 5.41) is 20.6. The molecule has 11 heteroatoms. The van der Waals surface area contributed by atoms with Gasteiger partial charge in [-0.1, -0.05) is 82.6 Å². The summed E-state index contributed by atoms with van der Waals surface area (Å²) in [5.74, 6) is -5.50. The van der Waals surface area contributed by atoms with E-state index in [1.54, 1.807) is 24.3 Å². The number of benzene rings is 2. The summed E-state index contributed by atoms with van der Waals surface area (Å²) in [6.45, 7) is 2.17. The van der Waals surface area contributed by atoms with Gasteiger partial charge in [-0.3, -0.25) is 19.2 Å². The topological polar surface area (TPSA) is 132 Å². The zero-order chi connectivity index (χ0) is 27.8. The van der Waals surface area contributed by atoms with Gasteiger partial charge in [0.05, 0.1) is 22.3 Å². The Bertz CT molecular complexity index is 1070. The molecule has 0 bridgehead atoms. The van der Waals surface area contributed by atoms with E-state index in [0.29, 0.717) is 22.6 Å². The van der Waals surface area contributed by atoms with E-state index in [-0.39, 0.29) is 28.7 Å². The number of carbonyl (C=O) groups is 4. The van der Waals surface area contributed by atoms with Gasteiger partial charge in [0.2, 0.25) is 0 Å². The van der Waals surface area contributed by atoms with E-state index in [1.165, 1.54) is 43.5 Å². The maximum atomic E-state index is 13.6. The van der Waals surface area contributed by atoms with E-state index in [4.69, 9.17) is 10.1 Å². The number of unbranched alkanes of at least 4 members (excludes halogenated alkanes) is 8. The van der Waals surface area contributed by atoms with Crippen LogP contribution in [-0.2, 0) is 20.0 Å². The molecule has 208 valence electrons. The number of nitrogens with zero attached hydrogens (tertiary/aromatic N) is 2. The minimum Gasteiger partial charge on any atom is -0.268 e. The first kappa shape index (κ1) is 28.5. The average Bonchev–Trinajstić information content (AvgIpc) is 3.36. The van der Waals surface area contributed by atoms with Crippen LogP contribution in [0.4, 0.5) is 0 Å². The Labute approximate surface area is 225 Å². The van der Waals surface area contributed by atoms with Crippen LogP contribution in [0.1, 0.15) is 113 Å². The molecule has 0 fully saturated rings. The molecule has 4 amide bonds. The van der Waals surface area contributed by atoms with E-state index in [9.17, 15) is 19.2 Å². The highest BCUT2D eigenvalue weighted by Gasteiger charge is 2.60. The number of hydrogen-bond donors (Lipinski definition) is 1. The van der Waals surface area contributed by atoms with Crippen LogP contribution in [0.3, 0.4) is 0 Å². The van der Waals surface area contributed by atoms with Crippen LogP contribution in [0.15, 0.2) is 48.5 Å². The van der Waals surface area contributed by atoms with Crippen LogP contribution in [0.2, 0.25) is 0 Å². The van der Waals surface area contributed by atoms with Gasteiger partial charge in [0.25, 0.3) is 29.5 Å². The van der Waals surface area contributed by atoms with Gasteiger partial charge < -0.3 is 0 Å². The highest BCUT2D eigenvalue weighted by Crippen LogP contribution is 2.41. The summed E-state index contributed by atoms with van der Waals surface area (Å²) in [7, 11) is 0. The first-order valence-electron chi connectivity index (χ1n) is 13.3. The fourth-order valence-corrected chi connectivity index (χ4v) is 5.20. The molecule has 0 spiro atoms. The predicted molar refractivity (Wildman–Crippen MR) is 135 cm³/mol. The molecule has 0 saturated heterocycles. The number of carbonyl (C=O) groups excluding carboxylic acids is 4. The molecule has 4 rings (SSSR count). The van der Waals surface area contributed by atoms with Crippen molar-refractivity contribution in [3.63, 3.8) is 0 Å². The van der Waals surface area contributed by atoms with Crippen molar-refractivity contribution < 1.29 is 44.4 Å². The molecule has 2 aliphatic rings. The van der Waals surface area contributed by atoms with Gasteiger partial charge >= 0.3 is 0 Å². The lowest BCUT2D eigenvalue weighted by Gasteiger charge is -2.42. The Balaban J connectivity index is 1.65. The van der Waals surface area contributed by atoms with Crippen molar-refractivity contribution in [1.82, 2.24) is 9.80 Å². The van der Waals surface area contributed by atoms with Crippen molar-refractivity contribution in [2.45, 2.75) is 77.0 Å². The smallest absolute Gasteiger partial charge is 0.268 e. The fourth-order valence-electron chi connectivity index (χ4n) is 5.20. The third kappa shape index (κ3) is 5.63. The highest BCUT2D eigenvalue weighted by molar-refractivity contribution is 6.24. The summed E-state index contributed by atoms with van der Waals surface area (Å²) in [5.41, 5.74) is 0.328. The van der Waals surface area contributed by atoms with Gasteiger partial charge in [0.15, 0.2) is 0 Å². The molecule has 11 nitrogen and oxygen atoms in total. The molecule has 2 aromatic rings. The second kappa shape index (κ2) is 13.0. The van der Waals surface area contributed by atoms with E-state index < -0.39 is 29.5 Å². The Kier molecular flexibility index (Phi) is 9.54. The Hall–Kier alpha value is -3.48. The Morgan fingerprint density at radius 2 is 1.00 bits per heavy atom. The molecule has 2 aliphatic heterocycles. The number of rotatable bonds is 16. The molecule has 0 atom stereocenters. The Morgan fingerprint density at radius 1 is 0.615 bits per heavy atom. The van der Waals surface area contributed by atoms with Gasteiger partial charge in [-0.05, 0) is 45.8 Å². The number of fused-ring (bicyclic) bond motifs is 2.